The van der Waals surface area contributed by atoms with Crippen LogP contribution in [0.2, 0.25) is 0 Å². The van der Waals surface area contributed by atoms with Crippen LogP contribution in [0.1, 0.15) is 50.7 Å². The predicted molar refractivity (Wildman–Crippen MR) is 152 cm³/mol. The summed E-state index contributed by atoms with van der Waals surface area (Å²) in [5, 5.41) is 3.47. The molecule has 1 saturated heterocycles. The van der Waals surface area contributed by atoms with E-state index in [0.29, 0.717) is 31.7 Å². The number of amides is 2. The minimum absolute atomic E-state index is 0.0268. The van der Waals surface area contributed by atoms with Crippen molar-refractivity contribution in [3.05, 3.63) is 78.0 Å². The van der Waals surface area contributed by atoms with Crippen molar-refractivity contribution >= 4 is 12.0 Å². The van der Waals surface area contributed by atoms with E-state index in [1.807, 2.05) is 87.2 Å². The van der Waals surface area contributed by atoms with E-state index in [1.165, 1.54) is 0 Å². The summed E-state index contributed by atoms with van der Waals surface area (Å²) in [4.78, 5) is 30.8. The van der Waals surface area contributed by atoms with Crippen molar-refractivity contribution in [2.75, 3.05) is 26.2 Å². The van der Waals surface area contributed by atoms with Gasteiger partial charge in [0.1, 0.15) is 5.60 Å². The molecule has 1 fully saturated rings. The van der Waals surface area contributed by atoms with Gasteiger partial charge in [-0.05, 0) is 51.5 Å². The minimum atomic E-state index is -0.571. The molecular weight excluding hydrogens is 476 g/mol. The van der Waals surface area contributed by atoms with Crippen LogP contribution in [0.4, 0.5) is 4.79 Å². The first-order valence-electron chi connectivity index (χ1n) is 13.4. The molecule has 1 aliphatic heterocycles. The van der Waals surface area contributed by atoms with E-state index >= 15 is 0 Å². The molecule has 0 radical (unpaired) electrons. The Morgan fingerprint density at radius 3 is 2.24 bits per heavy atom. The highest BCUT2D eigenvalue weighted by atomic mass is 16.6. The molecule has 0 aliphatic carbocycles. The van der Waals surface area contributed by atoms with Gasteiger partial charge in [0.2, 0.25) is 0 Å². The van der Waals surface area contributed by atoms with Crippen molar-refractivity contribution in [3.63, 3.8) is 0 Å². The van der Waals surface area contributed by atoms with Crippen molar-refractivity contribution in [2.24, 2.45) is 0 Å². The maximum Gasteiger partial charge on any atom is 0.410 e. The summed E-state index contributed by atoms with van der Waals surface area (Å²) < 4.78 is 7.79. The smallest absolute Gasteiger partial charge is 0.410 e. The molecule has 7 nitrogen and oxygen atoms in total. The summed E-state index contributed by atoms with van der Waals surface area (Å²) in [6.07, 6.45) is -0.338. The molecular formula is C31H40N4O3. The number of aryl methyl sites for hydroxylation is 1. The Hall–Kier alpha value is -3.58. The second-order valence-corrected chi connectivity index (χ2v) is 11.2. The number of nitrogens with zero attached hydrogens (tertiary/aromatic N) is 3. The van der Waals surface area contributed by atoms with Gasteiger partial charge in [-0.1, -0.05) is 62.4 Å². The summed E-state index contributed by atoms with van der Waals surface area (Å²) in [5.74, 6) is -0.0268. The molecule has 38 heavy (non-hydrogen) atoms. The first-order chi connectivity index (χ1) is 18.0. The van der Waals surface area contributed by atoms with Crippen LogP contribution in [0.25, 0.3) is 16.9 Å². The van der Waals surface area contributed by atoms with E-state index in [4.69, 9.17) is 4.74 Å². The van der Waals surface area contributed by atoms with Crippen molar-refractivity contribution in [3.8, 4) is 16.9 Å². The molecule has 1 aliphatic rings. The highest BCUT2D eigenvalue weighted by Gasteiger charge is 2.36. The minimum Gasteiger partial charge on any atom is -0.444 e. The van der Waals surface area contributed by atoms with Crippen molar-refractivity contribution in [1.29, 1.82) is 0 Å². The second-order valence-electron chi connectivity index (χ2n) is 11.2. The molecule has 0 bridgehead atoms. The van der Waals surface area contributed by atoms with E-state index in [-0.39, 0.29) is 24.1 Å². The van der Waals surface area contributed by atoms with E-state index in [2.05, 4.69) is 35.9 Å². The van der Waals surface area contributed by atoms with Gasteiger partial charge in [0.05, 0.1) is 17.3 Å². The average Bonchev–Trinajstić information content (AvgIpc) is 3.23. The van der Waals surface area contributed by atoms with Crippen LogP contribution in [0.3, 0.4) is 0 Å². The number of hydrogen-bond donors (Lipinski definition) is 1. The number of rotatable bonds is 6. The van der Waals surface area contributed by atoms with Gasteiger partial charge in [-0.2, -0.15) is 0 Å². The SMILES string of the molecule is Cc1cc(C(=O)N2CCN(C(=O)OC(C)(C)C)C[C@H]2CNC(C)C)c(-c2ccccc2)n1-c1ccccc1. The van der Waals surface area contributed by atoms with Gasteiger partial charge in [-0.3, -0.25) is 4.79 Å². The largest absolute Gasteiger partial charge is 0.444 e. The van der Waals surface area contributed by atoms with Crippen molar-refractivity contribution in [1.82, 2.24) is 19.7 Å². The number of carbonyl (C=O) groups is 2. The van der Waals surface area contributed by atoms with Crippen LogP contribution in [0.5, 0.6) is 0 Å². The fourth-order valence-corrected chi connectivity index (χ4v) is 4.91. The fraction of sp³-hybridized carbons (Fsp3) is 0.419. The fourth-order valence-electron chi connectivity index (χ4n) is 4.91. The number of aromatic nitrogens is 1. The molecule has 0 unspecified atom stereocenters. The number of para-hydroxylation sites is 1. The predicted octanol–water partition coefficient (Wildman–Crippen LogP) is 5.51. The number of hydrogen-bond acceptors (Lipinski definition) is 4. The summed E-state index contributed by atoms with van der Waals surface area (Å²) in [5.41, 5.74) is 3.95. The molecule has 1 atom stereocenters. The average molecular weight is 517 g/mol. The van der Waals surface area contributed by atoms with Gasteiger partial charge >= 0.3 is 6.09 Å². The summed E-state index contributed by atoms with van der Waals surface area (Å²) in [7, 11) is 0. The normalized spacial score (nSPS) is 16.1. The summed E-state index contributed by atoms with van der Waals surface area (Å²) in [6.45, 7) is 13.7. The van der Waals surface area contributed by atoms with E-state index in [0.717, 1.165) is 22.6 Å². The van der Waals surface area contributed by atoms with E-state index < -0.39 is 5.60 Å². The molecule has 2 heterocycles. The quantitative estimate of drug-likeness (QED) is 0.469. The van der Waals surface area contributed by atoms with Crippen molar-refractivity contribution < 1.29 is 14.3 Å². The van der Waals surface area contributed by atoms with Crippen LogP contribution in [0, 0.1) is 6.92 Å². The Labute approximate surface area is 226 Å². The van der Waals surface area contributed by atoms with Gasteiger partial charge in [0, 0.05) is 43.6 Å². The van der Waals surface area contributed by atoms with Crippen LogP contribution in [-0.2, 0) is 4.74 Å². The number of ether oxygens (including phenoxy) is 1. The van der Waals surface area contributed by atoms with Crippen LogP contribution >= 0.6 is 0 Å². The third-order valence-electron chi connectivity index (χ3n) is 6.63. The van der Waals surface area contributed by atoms with Gasteiger partial charge < -0.3 is 24.4 Å². The first kappa shape index (κ1) is 27.5. The molecule has 7 heteroatoms. The van der Waals surface area contributed by atoms with Crippen LogP contribution in [0.15, 0.2) is 66.7 Å². The van der Waals surface area contributed by atoms with Crippen LogP contribution in [-0.4, -0.2) is 70.2 Å². The number of benzene rings is 2. The Morgan fingerprint density at radius 1 is 1.00 bits per heavy atom. The van der Waals surface area contributed by atoms with E-state index in [9.17, 15) is 9.59 Å². The molecule has 4 rings (SSSR count). The second kappa shape index (κ2) is 11.4. The standard InChI is InChI=1S/C31H40N4O3/c1-22(2)32-20-26-21-33(30(37)38-31(4,5)6)17-18-34(26)29(36)27-19-23(3)35(25-15-11-8-12-16-25)28(27)24-13-9-7-10-14-24/h7-16,19,22,26,32H,17-18,20-21H2,1-6H3/t26-/m1/s1. The number of carbonyl (C=O) groups excluding carboxylic acids is 2. The Morgan fingerprint density at radius 2 is 1.63 bits per heavy atom. The number of nitrogens with one attached hydrogen (secondary N) is 1. The van der Waals surface area contributed by atoms with Gasteiger partial charge in [0.15, 0.2) is 0 Å². The third-order valence-corrected chi connectivity index (χ3v) is 6.63. The number of piperazine rings is 1. The lowest BCUT2D eigenvalue weighted by molar-refractivity contribution is 0.00433. The monoisotopic (exact) mass is 516 g/mol. The zero-order valence-corrected chi connectivity index (χ0v) is 23.4. The Balaban J connectivity index is 1.71. The Kier molecular flexibility index (Phi) is 8.26. The molecule has 0 spiro atoms. The molecule has 2 amide bonds. The highest BCUT2D eigenvalue weighted by Crippen LogP contribution is 2.32. The van der Waals surface area contributed by atoms with Crippen LogP contribution < -0.4 is 5.32 Å². The first-order valence-corrected chi connectivity index (χ1v) is 13.4. The van der Waals surface area contributed by atoms with Gasteiger partial charge in [0.25, 0.3) is 5.91 Å². The lowest BCUT2D eigenvalue weighted by Gasteiger charge is -2.42. The van der Waals surface area contributed by atoms with Crippen molar-refractivity contribution in [2.45, 2.75) is 59.2 Å². The van der Waals surface area contributed by atoms with E-state index in [1.54, 1.807) is 4.90 Å². The summed E-state index contributed by atoms with van der Waals surface area (Å²) >= 11 is 0. The maximum absolute atomic E-state index is 14.3. The lowest BCUT2D eigenvalue weighted by Crippen LogP contribution is -2.60. The Bertz CT molecular complexity index is 1250. The van der Waals surface area contributed by atoms with Gasteiger partial charge in [-0.15, -0.1) is 0 Å². The highest BCUT2D eigenvalue weighted by molar-refractivity contribution is 6.01. The third kappa shape index (κ3) is 6.27. The topological polar surface area (TPSA) is 66.8 Å². The molecule has 1 N–H and O–H groups in total. The molecule has 2 aromatic carbocycles. The molecule has 1 aromatic heterocycles. The molecule has 0 saturated carbocycles. The zero-order valence-electron chi connectivity index (χ0n) is 23.4. The molecule has 202 valence electrons. The zero-order chi connectivity index (χ0) is 27.4. The molecule has 3 aromatic rings. The lowest BCUT2D eigenvalue weighted by atomic mass is 10.0. The van der Waals surface area contributed by atoms with Gasteiger partial charge in [-0.25, -0.2) is 4.79 Å². The summed E-state index contributed by atoms with van der Waals surface area (Å²) in [6, 6.07) is 22.3. The maximum atomic E-state index is 14.3.